The molecule has 6 heteroatoms. The number of nitrogens with zero attached hydrogens (tertiary/aromatic N) is 4. The van der Waals surface area contributed by atoms with E-state index in [0.29, 0.717) is 11.7 Å². The fraction of sp³-hybridized carbons (Fsp3) is 0.423. The number of hydrogen-bond acceptors (Lipinski definition) is 6. The smallest absolute Gasteiger partial charge is 0.145 e. The van der Waals surface area contributed by atoms with Gasteiger partial charge >= 0.3 is 0 Å². The number of nitrogen functional groups attached to an aromatic ring is 1. The van der Waals surface area contributed by atoms with Crippen molar-refractivity contribution in [1.29, 1.82) is 0 Å². The van der Waals surface area contributed by atoms with Crippen LogP contribution in [0.3, 0.4) is 0 Å². The number of pyridine rings is 1. The third-order valence-electron chi connectivity index (χ3n) is 6.16. The molecular formula is C26H33N5O. The van der Waals surface area contributed by atoms with Crippen LogP contribution < -0.4 is 10.6 Å². The molecule has 0 unspecified atom stereocenters. The highest BCUT2D eigenvalue weighted by atomic mass is 16.3. The molecule has 6 nitrogen and oxygen atoms in total. The van der Waals surface area contributed by atoms with E-state index in [1.165, 1.54) is 29.5 Å². The van der Waals surface area contributed by atoms with Crippen molar-refractivity contribution >= 4 is 11.6 Å². The van der Waals surface area contributed by atoms with E-state index in [1.807, 2.05) is 37.3 Å². The number of hydrogen-bond donors (Lipinski definition) is 2. The number of benzene rings is 1. The van der Waals surface area contributed by atoms with Crippen molar-refractivity contribution < 1.29 is 5.11 Å². The maximum atomic E-state index is 9.25. The van der Waals surface area contributed by atoms with Crippen LogP contribution in [-0.4, -0.2) is 40.3 Å². The van der Waals surface area contributed by atoms with Gasteiger partial charge in [-0.25, -0.2) is 15.0 Å². The highest BCUT2D eigenvalue weighted by Crippen LogP contribution is 2.43. The number of aryl methyl sites for hydroxylation is 2. The molecule has 0 spiro atoms. The lowest BCUT2D eigenvalue weighted by molar-refractivity contribution is 0.187. The molecule has 1 saturated carbocycles. The van der Waals surface area contributed by atoms with Gasteiger partial charge in [-0.1, -0.05) is 31.2 Å². The van der Waals surface area contributed by atoms with E-state index in [1.54, 1.807) is 0 Å². The monoisotopic (exact) mass is 431 g/mol. The zero-order valence-electron chi connectivity index (χ0n) is 19.5. The fourth-order valence-corrected chi connectivity index (χ4v) is 4.17. The Morgan fingerprint density at radius 1 is 1.09 bits per heavy atom. The minimum absolute atomic E-state index is 0.127. The minimum Gasteiger partial charge on any atom is -0.392 e. The number of aliphatic hydroxyl groups is 1. The summed E-state index contributed by atoms with van der Waals surface area (Å²) in [4.78, 5) is 16.0. The molecule has 5 rings (SSSR count). The van der Waals surface area contributed by atoms with E-state index in [0.717, 1.165) is 47.7 Å². The second kappa shape index (κ2) is 9.25. The summed E-state index contributed by atoms with van der Waals surface area (Å²) in [5, 5.41) is 9.25. The summed E-state index contributed by atoms with van der Waals surface area (Å²) in [7, 11) is 3.99. The first-order valence-corrected chi connectivity index (χ1v) is 11.4. The van der Waals surface area contributed by atoms with Crippen molar-refractivity contribution in [2.24, 2.45) is 0 Å². The number of fused-ring (bicyclic) bond motifs is 1. The first-order chi connectivity index (χ1) is 15.4. The fourth-order valence-electron chi connectivity index (χ4n) is 4.17. The van der Waals surface area contributed by atoms with Gasteiger partial charge in [-0.15, -0.1) is 0 Å². The largest absolute Gasteiger partial charge is 0.392 e. The molecule has 2 aromatic heterocycles. The van der Waals surface area contributed by atoms with Gasteiger partial charge < -0.3 is 15.7 Å². The van der Waals surface area contributed by atoms with Gasteiger partial charge in [0, 0.05) is 31.8 Å². The van der Waals surface area contributed by atoms with Crippen molar-refractivity contribution in [1.82, 2.24) is 15.0 Å². The second-order valence-electron chi connectivity index (χ2n) is 9.00. The average Bonchev–Trinajstić information content (AvgIpc) is 3.54. The summed E-state index contributed by atoms with van der Waals surface area (Å²) >= 11 is 0. The van der Waals surface area contributed by atoms with Gasteiger partial charge in [0.1, 0.15) is 11.6 Å². The molecule has 2 heterocycles. The summed E-state index contributed by atoms with van der Waals surface area (Å²) < 4.78 is 0. The standard InChI is InChI=1S/C17H23N5.C9H10O/c1-5-13-17(18)21-15(11-6-7-11)16(20-13)12-9-19-14(22(3)4)8-10(12)2;10-9-5-7-3-1-2-4-8(7)6-9/h8-9,11H,5-7H2,1-4H3,(H2,18,21);1-4,9-10H,5-6H2. The molecule has 3 N–H and O–H groups in total. The van der Waals surface area contributed by atoms with Crippen LogP contribution in [0.25, 0.3) is 11.3 Å². The third-order valence-corrected chi connectivity index (χ3v) is 6.16. The number of anilines is 2. The van der Waals surface area contributed by atoms with E-state index >= 15 is 0 Å². The molecule has 1 fully saturated rings. The van der Waals surface area contributed by atoms with Crippen molar-refractivity contribution in [2.75, 3.05) is 24.7 Å². The van der Waals surface area contributed by atoms with Crippen LogP contribution in [0.15, 0.2) is 36.5 Å². The van der Waals surface area contributed by atoms with Crippen LogP contribution in [0.1, 0.15) is 53.8 Å². The van der Waals surface area contributed by atoms with Gasteiger partial charge in [-0.2, -0.15) is 0 Å². The topological polar surface area (TPSA) is 88.2 Å². The van der Waals surface area contributed by atoms with Crippen LogP contribution in [0.4, 0.5) is 11.6 Å². The van der Waals surface area contributed by atoms with Crippen LogP contribution in [0.2, 0.25) is 0 Å². The van der Waals surface area contributed by atoms with Gasteiger partial charge in [0.25, 0.3) is 0 Å². The molecule has 3 aromatic rings. The van der Waals surface area contributed by atoms with Crippen LogP contribution in [0, 0.1) is 6.92 Å². The summed E-state index contributed by atoms with van der Waals surface area (Å²) in [6.45, 7) is 4.16. The van der Waals surface area contributed by atoms with Crippen LogP contribution >= 0.6 is 0 Å². The number of nitrogens with two attached hydrogens (primary N) is 1. The number of aliphatic hydroxyl groups excluding tert-OH is 1. The highest BCUT2D eigenvalue weighted by Gasteiger charge is 2.30. The lowest BCUT2D eigenvalue weighted by Gasteiger charge is -2.16. The number of rotatable bonds is 4. The molecule has 0 bridgehead atoms. The first kappa shape index (κ1) is 22.2. The van der Waals surface area contributed by atoms with Crippen molar-refractivity contribution in [3.8, 4) is 11.3 Å². The van der Waals surface area contributed by atoms with Gasteiger partial charge in [0.2, 0.25) is 0 Å². The normalized spacial score (nSPS) is 15.2. The number of aromatic nitrogens is 3. The van der Waals surface area contributed by atoms with Crippen molar-refractivity contribution in [2.45, 2.75) is 58.0 Å². The molecule has 2 aliphatic carbocycles. The Morgan fingerprint density at radius 2 is 1.75 bits per heavy atom. The first-order valence-electron chi connectivity index (χ1n) is 11.4. The Morgan fingerprint density at radius 3 is 2.28 bits per heavy atom. The summed E-state index contributed by atoms with van der Waals surface area (Å²) in [5.41, 5.74) is 13.8. The van der Waals surface area contributed by atoms with E-state index in [9.17, 15) is 5.11 Å². The van der Waals surface area contributed by atoms with Gasteiger partial charge in [0.05, 0.1) is 23.2 Å². The van der Waals surface area contributed by atoms with Gasteiger partial charge in [-0.05, 0) is 61.8 Å². The Labute approximate surface area is 190 Å². The quantitative estimate of drug-likeness (QED) is 0.647. The SMILES string of the molecule is CCc1nc(-c2cnc(N(C)C)cc2C)c(C2CC2)nc1N.OC1Cc2ccccc2C1. The molecule has 0 saturated heterocycles. The van der Waals surface area contributed by atoms with Gasteiger partial charge in [0.15, 0.2) is 0 Å². The van der Waals surface area contributed by atoms with Crippen LogP contribution in [-0.2, 0) is 19.3 Å². The molecule has 0 radical (unpaired) electrons. The van der Waals surface area contributed by atoms with Crippen LogP contribution in [0.5, 0.6) is 0 Å². The van der Waals surface area contributed by atoms with E-state index in [4.69, 9.17) is 10.7 Å². The summed E-state index contributed by atoms with van der Waals surface area (Å²) in [6.07, 6.45) is 6.61. The zero-order valence-corrected chi connectivity index (χ0v) is 19.5. The molecule has 0 atom stereocenters. The predicted molar refractivity (Wildman–Crippen MR) is 130 cm³/mol. The maximum Gasteiger partial charge on any atom is 0.145 e. The average molecular weight is 432 g/mol. The molecule has 168 valence electrons. The third kappa shape index (κ3) is 4.75. The summed E-state index contributed by atoms with van der Waals surface area (Å²) in [5.74, 6) is 2.03. The lowest BCUT2D eigenvalue weighted by atomic mass is 10.0. The summed E-state index contributed by atoms with van der Waals surface area (Å²) in [6, 6.07) is 10.3. The van der Waals surface area contributed by atoms with Gasteiger partial charge in [-0.3, -0.25) is 0 Å². The van der Waals surface area contributed by atoms with Crippen molar-refractivity contribution in [3.05, 3.63) is 64.6 Å². The molecular weight excluding hydrogens is 398 g/mol. The Bertz CT molecular complexity index is 1080. The second-order valence-corrected chi connectivity index (χ2v) is 9.00. The van der Waals surface area contributed by atoms with E-state index in [-0.39, 0.29) is 6.10 Å². The lowest BCUT2D eigenvalue weighted by Crippen LogP contribution is -2.11. The Balaban J connectivity index is 0.000000203. The highest BCUT2D eigenvalue weighted by molar-refractivity contribution is 5.68. The maximum absolute atomic E-state index is 9.25. The minimum atomic E-state index is -0.127. The molecule has 0 amide bonds. The molecule has 1 aromatic carbocycles. The van der Waals surface area contributed by atoms with E-state index in [2.05, 4.69) is 42.0 Å². The predicted octanol–water partition coefficient (Wildman–Crippen LogP) is 4.08. The Kier molecular flexibility index (Phi) is 6.42. The molecule has 32 heavy (non-hydrogen) atoms. The zero-order chi connectivity index (χ0) is 22.8. The molecule has 0 aliphatic heterocycles. The molecule has 2 aliphatic rings. The van der Waals surface area contributed by atoms with Crippen molar-refractivity contribution in [3.63, 3.8) is 0 Å². The van der Waals surface area contributed by atoms with E-state index < -0.39 is 0 Å². The Hall–Kier alpha value is -2.99.